The van der Waals surface area contributed by atoms with E-state index in [1.54, 1.807) is 0 Å². The van der Waals surface area contributed by atoms with E-state index in [2.05, 4.69) is 59.0 Å². The summed E-state index contributed by atoms with van der Waals surface area (Å²) >= 11 is 0. The zero-order valence-electron chi connectivity index (χ0n) is 13.2. The van der Waals surface area contributed by atoms with Crippen LogP contribution in [0.5, 0.6) is 0 Å². The highest BCUT2D eigenvalue weighted by molar-refractivity contribution is 6.88. The molecule has 0 aliphatic rings. The predicted molar refractivity (Wildman–Crippen MR) is 92.0 cm³/mol. The van der Waals surface area contributed by atoms with Crippen molar-refractivity contribution in [3.8, 4) is 0 Å². The maximum Gasteiger partial charge on any atom is 0.607 e. The second-order valence-electron chi connectivity index (χ2n) is 6.06. The average molecular weight is 314 g/mol. The molecule has 0 unspecified atom stereocenters. The molecule has 0 bridgehead atoms. The molecule has 0 saturated heterocycles. The van der Waals surface area contributed by atoms with Gasteiger partial charge in [0.2, 0.25) is 0 Å². The average Bonchev–Trinajstić information content (AvgIpc) is 2.27. The lowest BCUT2D eigenvalue weighted by atomic mass is 10.3. The van der Waals surface area contributed by atoms with E-state index in [0.29, 0.717) is 0 Å². The molecule has 0 aromatic rings. The van der Waals surface area contributed by atoms with Gasteiger partial charge in [-0.05, 0) is 39.3 Å². The van der Waals surface area contributed by atoms with Crippen LogP contribution in [0.2, 0.25) is 39.3 Å². The van der Waals surface area contributed by atoms with Crippen LogP contribution >= 0.6 is 0 Å². The normalized spacial score (nSPS) is 12.9. The van der Waals surface area contributed by atoms with Crippen molar-refractivity contribution in [1.29, 1.82) is 0 Å². The van der Waals surface area contributed by atoms with E-state index >= 15 is 0 Å². The molecule has 0 radical (unpaired) electrons. The van der Waals surface area contributed by atoms with Crippen molar-refractivity contribution >= 4 is 32.3 Å². The summed E-state index contributed by atoms with van der Waals surface area (Å²) in [6.45, 7) is 23.8. The standard InChI is InChI=1S/C12H27BO3Si3/c1-10-17(4,5)14-13(15-18(6,7)11-2)16-19(8,9)12-3/h10-12H,1-3H2,4-9H3. The van der Waals surface area contributed by atoms with E-state index in [-0.39, 0.29) is 0 Å². The van der Waals surface area contributed by atoms with Crippen LogP contribution in [0.3, 0.4) is 0 Å². The number of hydrogen-bond acceptors (Lipinski definition) is 3. The van der Waals surface area contributed by atoms with Gasteiger partial charge in [0, 0.05) is 0 Å². The molecule has 7 heteroatoms. The van der Waals surface area contributed by atoms with Crippen molar-refractivity contribution in [2.24, 2.45) is 0 Å². The third kappa shape index (κ3) is 7.86. The third-order valence-electron chi connectivity index (χ3n) is 2.67. The molecule has 0 spiro atoms. The highest BCUT2D eigenvalue weighted by Crippen LogP contribution is 2.18. The van der Waals surface area contributed by atoms with Gasteiger partial charge in [0.25, 0.3) is 0 Å². The fourth-order valence-electron chi connectivity index (χ4n) is 0.961. The lowest BCUT2D eigenvalue weighted by molar-refractivity contribution is 0.304. The minimum Gasteiger partial charge on any atom is -0.426 e. The fourth-order valence-corrected chi connectivity index (χ4v) is 3.31. The molecule has 0 heterocycles. The van der Waals surface area contributed by atoms with Gasteiger partial charge < -0.3 is 13.0 Å². The van der Waals surface area contributed by atoms with Crippen LogP contribution in [0.25, 0.3) is 0 Å². The van der Waals surface area contributed by atoms with Gasteiger partial charge >= 0.3 is 7.32 Å². The van der Waals surface area contributed by atoms with Gasteiger partial charge in [-0.15, -0.1) is 19.7 Å². The van der Waals surface area contributed by atoms with Crippen LogP contribution in [-0.2, 0) is 13.0 Å². The van der Waals surface area contributed by atoms with Crippen LogP contribution in [0.1, 0.15) is 0 Å². The summed E-state index contributed by atoms with van der Waals surface area (Å²) in [7, 11) is -6.58. The fraction of sp³-hybridized carbons (Fsp3) is 0.500. The van der Waals surface area contributed by atoms with Gasteiger partial charge in [0.1, 0.15) is 0 Å². The zero-order valence-corrected chi connectivity index (χ0v) is 16.2. The first-order chi connectivity index (χ1) is 8.47. The van der Waals surface area contributed by atoms with E-state index in [9.17, 15) is 0 Å². The van der Waals surface area contributed by atoms with Crippen LogP contribution in [-0.4, -0.2) is 32.3 Å². The third-order valence-corrected chi connectivity index (χ3v) is 8.02. The lowest BCUT2D eigenvalue weighted by Gasteiger charge is -2.32. The Morgan fingerprint density at radius 3 is 1.00 bits per heavy atom. The van der Waals surface area contributed by atoms with Crippen molar-refractivity contribution in [3.63, 3.8) is 0 Å². The molecular formula is C12H27BO3Si3. The number of hydrogen-bond donors (Lipinski definition) is 0. The highest BCUT2D eigenvalue weighted by Gasteiger charge is 2.39. The van der Waals surface area contributed by atoms with E-state index in [1.165, 1.54) is 0 Å². The largest absolute Gasteiger partial charge is 0.607 e. The molecule has 108 valence electrons. The van der Waals surface area contributed by atoms with Gasteiger partial charge in [-0.25, -0.2) is 0 Å². The smallest absolute Gasteiger partial charge is 0.426 e. The van der Waals surface area contributed by atoms with Crippen molar-refractivity contribution < 1.29 is 13.0 Å². The summed E-state index contributed by atoms with van der Waals surface area (Å²) < 4.78 is 18.0. The Morgan fingerprint density at radius 1 is 0.632 bits per heavy atom. The van der Waals surface area contributed by atoms with Crippen LogP contribution in [0.4, 0.5) is 0 Å². The Morgan fingerprint density at radius 2 is 0.842 bits per heavy atom. The van der Waals surface area contributed by atoms with Gasteiger partial charge in [-0.2, -0.15) is 0 Å². The summed E-state index contributed by atoms with van der Waals surface area (Å²) in [6, 6.07) is 0. The zero-order chi connectivity index (χ0) is 15.3. The molecule has 3 nitrogen and oxygen atoms in total. The Labute approximate surface area is 121 Å². The molecule has 0 aliphatic carbocycles. The van der Waals surface area contributed by atoms with Crippen LogP contribution in [0.15, 0.2) is 36.8 Å². The highest BCUT2D eigenvalue weighted by atomic mass is 28.4. The predicted octanol–water partition coefficient (Wildman–Crippen LogP) is 3.81. The van der Waals surface area contributed by atoms with E-state index in [1.807, 2.05) is 17.1 Å². The molecule has 0 N–H and O–H groups in total. The first-order valence-corrected chi connectivity index (χ1v) is 15.4. The van der Waals surface area contributed by atoms with E-state index in [4.69, 9.17) is 13.0 Å². The maximum atomic E-state index is 6.01. The molecule has 0 aliphatic heterocycles. The lowest BCUT2D eigenvalue weighted by Crippen LogP contribution is -2.50. The first kappa shape index (κ1) is 18.8. The SMILES string of the molecule is C=C[Si](C)(C)OB(O[Si](C)(C)C=C)O[Si](C)(C)C=C. The monoisotopic (exact) mass is 314 g/mol. The first-order valence-electron chi connectivity index (χ1n) is 6.41. The summed E-state index contributed by atoms with van der Waals surface area (Å²) in [5, 5.41) is 0. The Kier molecular flexibility index (Phi) is 6.94. The van der Waals surface area contributed by atoms with Gasteiger partial charge in [0.15, 0.2) is 25.0 Å². The molecule has 0 aromatic heterocycles. The minimum atomic E-state index is -1.98. The topological polar surface area (TPSA) is 27.7 Å². The molecule has 19 heavy (non-hydrogen) atoms. The summed E-state index contributed by atoms with van der Waals surface area (Å²) in [5.74, 6) is 0. The second kappa shape index (κ2) is 7.01. The molecule has 0 aromatic carbocycles. The summed E-state index contributed by atoms with van der Waals surface area (Å²) in [6.07, 6.45) is 0. The summed E-state index contributed by atoms with van der Waals surface area (Å²) in [5.41, 5.74) is 5.62. The Bertz CT molecular complexity index is 291. The quantitative estimate of drug-likeness (QED) is 0.606. The molecule has 0 fully saturated rings. The van der Waals surface area contributed by atoms with Gasteiger partial charge in [-0.3, -0.25) is 0 Å². The Hall–Kier alpha value is -0.184. The van der Waals surface area contributed by atoms with Crippen molar-refractivity contribution in [2.75, 3.05) is 0 Å². The molecule has 0 atom stereocenters. The molecular weight excluding hydrogens is 287 g/mol. The van der Waals surface area contributed by atoms with E-state index < -0.39 is 32.3 Å². The van der Waals surface area contributed by atoms with Gasteiger partial charge in [-0.1, -0.05) is 17.1 Å². The molecule has 0 saturated carbocycles. The Balaban J connectivity index is 4.99. The molecule has 0 rings (SSSR count). The molecule has 0 amide bonds. The van der Waals surface area contributed by atoms with Crippen molar-refractivity contribution in [1.82, 2.24) is 0 Å². The maximum absolute atomic E-state index is 6.01. The van der Waals surface area contributed by atoms with Crippen molar-refractivity contribution in [3.05, 3.63) is 36.8 Å². The van der Waals surface area contributed by atoms with Crippen LogP contribution in [0, 0.1) is 0 Å². The number of rotatable bonds is 9. The van der Waals surface area contributed by atoms with E-state index in [0.717, 1.165) is 0 Å². The van der Waals surface area contributed by atoms with Gasteiger partial charge in [0.05, 0.1) is 0 Å². The van der Waals surface area contributed by atoms with Crippen LogP contribution < -0.4 is 0 Å². The minimum absolute atomic E-state index is 0.654. The van der Waals surface area contributed by atoms with Crippen molar-refractivity contribution in [2.45, 2.75) is 39.3 Å². The second-order valence-corrected chi connectivity index (χ2v) is 17.6. The summed E-state index contributed by atoms with van der Waals surface area (Å²) in [4.78, 5) is 0.